The Bertz CT molecular complexity index is 389. The lowest BCUT2D eigenvalue weighted by Gasteiger charge is -2.27. The fourth-order valence-electron chi connectivity index (χ4n) is 2.50. The molecule has 0 fully saturated rings. The number of carbonyl (C=O) groups excluding carboxylic acids is 1. The molecule has 3 heteroatoms. The summed E-state index contributed by atoms with van der Waals surface area (Å²) in [6, 6.07) is 11.6. The summed E-state index contributed by atoms with van der Waals surface area (Å²) in [6.45, 7) is 6.76. The van der Waals surface area contributed by atoms with Gasteiger partial charge in [-0.1, -0.05) is 51.0 Å². The number of rotatable bonds is 7. The normalized spacial score (nSPS) is 11.5. The summed E-state index contributed by atoms with van der Waals surface area (Å²) in [5, 5.41) is 9.67. The van der Waals surface area contributed by atoms with E-state index >= 15 is 0 Å². The number of ketones is 1. The van der Waals surface area contributed by atoms with Gasteiger partial charge >= 0.3 is 0 Å². The molecule has 100 valence electrons. The van der Waals surface area contributed by atoms with E-state index in [1.54, 1.807) is 24.3 Å². The maximum absolute atomic E-state index is 12.1. The third-order valence-corrected chi connectivity index (χ3v) is 10.1. The Morgan fingerprint density at radius 3 is 2.17 bits per heavy atom. The van der Waals surface area contributed by atoms with Crippen LogP contribution in [0.25, 0.3) is 0 Å². The minimum absolute atomic E-state index is 0.0836. The van der Waals surface area contributed by atoms with E-state index in [2.05, 4.69) is 20.8 Å². The molecule has 0 amide bonds. The Morgan fingerprint density at radius 2 is 1.67 bits per heavy atom. The first-order valence-electron chi connectivity index (χ1n) is 6.89. The Morgan fingerprint density at radius 1 is 1.11 bits per heavy atom. The van der Waals surface area contributed by atoms with E-state index in [9.17, 15) is 9.90 Å². The Labute approximate surface area is 111 Å². The van der Waals surface area contributed by atoms with Crippen LogP contribution < -0.4 is 0 Å². The number of phenols is 1. The fourth-order valence-corrected chi connectivity index (χ4v) is 5.82. The van der Waals surface area contributed by atoms with Crippen LogP contribution in [0.1, 0.15) is 37.6 Å². The van der Waals surface area contributed by atoms with Crippen molar-refractivity contribution in [2.24, 2.45) is 0 Å². The van der Waals surface area contributed by atoms with Crippen molar-refractivity contribution in [2.75, 3.05) is 0 Å². The van der Waals surface area contributed by atoms with Crippen LogP contribution in [0.3, 0.4) is 0 Å². The van der Waals surface area contributed by atoms with Crippen molar-refractivity contribution in [1.82, 2.24) is 0 Å². The van der Waals surface area contributed by atoms with E-state index in [4.69, 9.17) is 0 Å². The van der Waals surface area contributed by atoms with E-state index < -0.39 is 8.07 Å². The van der Waals surface area contributed by atoms with Crippen LogP contribution in [0.15, 0.2) is 24.3 Å². The SMILES string of the molecule is CC[Si](CC)(CC)CCC(=O)c1ccccc1O. The van der Waals surface area contributed by atoms with Gasteiger partial charge in [0, 0.05) is 6.42 Å². The number of hydrogen-bond donors (Lipinski definition) is 1. The van der Waals surface area contributed by atoms with Crippen LogP contribution in [0, 0.1) is 0 Å². The summed E-state index contributed by atoms with van der Waals surface area (Å²) in [5.74, 6) is 0.194. The molecular formula is C15H24O2Si. The molecule has 0 bridgehead atoms. The largest absolute Gasteiger partial charge is 0.507 e. The highest BCUT2D eigenvalue weighted by Crippen LogP contribution is 2.28. The lowest BCUT2D eigenvalue weighted by Crippen LogP contribution is -2.31. The number of phenolic OH excluding ortho intramolecular Hbond substituents is 1. The number of hydrogen-bond acceptors (Lipinski definition) is 2. The zero-order valence-corrected chi connectivity index (χ0v) is 12.7. The molecule has 0 aliphatic heterocycles. The third-order valence-electron chi connectivity index (χ3n) is 4.34. The van der Waals surface area contributed by atoms with Gasteiger partial charge in [-0.25, -0.2) is 0 Å². The van der Waals surface area contributed by atoms with Crippen molar-refractivity contribution < 1.29 is 9.90 Å². The topological polar surface area (TPSA) is 37.3 Å². The van der Waals surface area contributed by atoms with E-state index in [-0.39, 0.29) is 11.5 Å². The van der Waals surface area contributed by atoms with Crippen LogP contribution in [0.4, 0.5) is 0 Å². The molecule has 0 unspecified atom stereocenters. The number of Topliss-reactive ketones (excluding diaryl/α,β-unsaturated/α-hetero) is 1. The molecule has 1 rings (SSSR count). The molecular weight excluding hydrogens is 240 g/mol. The Hall–Kier alpha value is -1.09. The molecule has 0 saturated carbocycles. The number of para-hydroxylation sites is 1. The second-order valence-corrected chi connectivity index (χ2v) is 10.6. The van der Waals surface area contributed by atoms with Gasteiger partial charge in [0.05, 0.1) is 13.6 Å². The highest BCUT2D eigenvalue weighted by Gasteiger charge is 2.27. The van der Waals surface area contributed by atoms with Gasteiger partial charge < -0.3 is 5.11 Å². The Kier molecular flexibility index (Phi) is 5.60. The second kappa shape index (κ2) is 6.74. The summed E-state index contributed by atoms with van der Waals surface area (Å²) >= 11 is 0. The zero-order valence-electron chi connectivity index (χ0n) is 11.7. The highest BCUT2D eigenvalue weighted by molar-refractivity contribution is 6.79. The zero-order chi connectivity index (χ0) is 13.6. The van der Waals surface area contributed by atoms with Crippen molar-refractivity contribution >= 4 is 13.9 Å². The van der Waals surface area contributed by atoms with Crippen LogP contribution >= 0.6 is 0 Å². The predicted octanol–water partition coefficient (Wildman–Crippen LogP) is 4.47. The van der Waals surface area contributed by atoms with Crippen LogP contribution in [0.5, 0.6) is 5.75 Å². The van der Waals surface area contributed by atoms with E-state index in [0.717, 1.165) is 6.04 Å². The van der Waals surface area contributed by atoms with E-state index in [0.29, 0.717) is 12.0 Å². The van der Waals surface area contributed by atoms with Crippen LogP contribution in [0.2, 0.25) is 24.2 Å². The molecule has 1 aromatic rings. The lowest BCUT2D eigenvalue weighted by molar-refractivity contribution is 0.0985. The number of aromatic hydroxyl groups is 1. The van der Waals surface area contributed by atoms with Gasteiger partial charge in [-0.15, -0.1) is 0 Å². The fraction of sp³-hybridized carbons (Fsp3) is 0.533. The molecule has 0 saturated heterocycles. The first-order valence-corrected chi connectivity index (χ1v) is 9.72. The first kappa shape index (κ1) is 15.0. The van der Waals surface area contributed by atoms with Crippen molar-refractivity contribution in [2.45, 2.75) is 51.4 Å². The van der Waals surface area contributed by atoms with Gasteiger partial charge in [-0.05, 0) is 18.2 Å². The smallest absolute Gasteiger partial charge is 0.166 e. The Balaban J connectivity index is 2.69. The van der Waals surface area contributed by atoms with Crippen LogP contribution in [-0.4, -0.2) is 19.0 Å². The van der Waals surface area contributed by atoms with Gasteiger partial charge in [0.15, 0.2) is 5.78 Å². The van der Waals surface area contributed by atoms with E-state index in [1.165, 1.54) is 18.1 Å². The molecule has 2 nitrogen and oxygen atoms in total. The molecule has 0 aliphatic carbocycles. The van der Waals surface area contributed by atoms with Crippen molar-refractivity contribution in [1.29, 1.82) is 0 Å². The standard InChI is InChI=1S/C15H24O2Si/c1-4-18(5-2,6-3)12-11-15(17)13-9-7-8-10-14(13)16/h7-10,16H,4-6,11-12H2,1-3H3. The summed E-state index contributed by atoms with van der Waals surface area (Å²) in [7, 11) is -1.23. The molecule has 18 heavy (non-hydrogen) atoms. The van der Waals surface area contributed by atoms with Gasteiger partial charge in [-0.2, -0.15) is 0 Å². The summed E-state index contributed by atoms with van der Waals surface area (Å²) < 4.78 is 0. The maximum atomic E-state index is 12.1. The van der Waals surface area contributed by atoms with Crippen molar-refractivity contribution in [3.05, 3.63) is 29.8 Å². The molecule has 0 heterocycles. The molecule has 0 spiro atoms. The number of carbonyl (C=O) groups is 1. The summed E-state index contributed by atoms with van der Waals surface area (Å²) in [4.78, 5) is 12.1. The minimum Gasteiger partial charge on any atom is -0.507 e. The average molecular weight is 264 g/mol. The predicted molar refractivity (Wildman–Crippen MR) is 79.1 cm³/mol. The molecule has 0 atom stereocenters. The quantitative estimate of drug-likeness (QED) is 0.582. The lowest BCUT2D eigenvalue weighted by atomic mass is 10.1. The molecule has 0 aliphatic rings. The number of benzene rings is 1. The molecule has 0 radical (unpaired) electrons. The highest BCUT2D eigenvalue weighted by atomic mass is 28.3. The minimum atomic E-state index is -1.23. The second-order valence-electron chi connectivity index (χ2n) is 5.00. The maximum Gasteiger partial charge on any atom is 0.166 e. The van der Waals surface area contributed by atoms with Gasteiger partial charge in [-0.3, -0.25) is 4.79 Å². The summed E-state index contributed by atoms with van der Waals surface area (Å²) in [6.07, 6.45) is 0.583. The van der Waals surface area contributed by atoms with Gasteiger partial charge in [0.2, 0.25) is 0 Å². The van der Waals surface area contributed by atoms with Gasteiger partial charge in [0.25, 0.3) is 0 Å². The third kappa shape index (κ3) is 3.45. The van der Waals surface area contributed by atoms with Crippen LogP contribution in [-0.2, 0) is 0 Å². The van der Waals surface area contributed by atoms with Crippen molar-refractivity contribution in [3.8, 4) is 5.75 Å². The molecule has 1 aromatic carbocycles. The van der Waals surface area contributed by atoms with Crippen molar-refractivity contribution in [3.63, 3.8) is 0 Å². The monoisotopic (exact) mass is 264 g/mol. The molecule has 1 N–H and O–H groups in total. The summed E-state index contributed by atoms with van der Waals surface area (Å²) in [5.41, 5.74) is 0.476. The average Bonchev–Trinajstić information content (AvgIpc) is 2.41. The first-order chi connectivity index (χ1) is 8.58. The molecule has 0 aromatic heterocycles. The van der Waals surface area contributed by atoms with E-state index in [1.807, 2.05) is 0 Å². The van der Waals surface area contributed by atoms with Gasteiger partial charge in [0.1, 0.15) is 5.75 Å².